The van der Waals surface area contributed by atoms with E-state index >= 15 is 0 Å². The molecule has 0 bridgehead atoms. The van der Waals surface area contributed by atoms with E-state index < -0.39 is 10.0 Å². The number of fused-ring (bicyclic) bond motifs is 1. The van der Waals surface area contributed by atoms with Gasteiger partial charge in [-0.2, -0.15) is 4.98 Å². The Labute approximate surface area is 170 Å². The van der Waals surface area contributed by atoms with E-state index in [1.54, 1.807) is 30.3 Å². The van der Waals surface area contributed by atoms with Crippen molar-refractivity contribution < 1.29 is 17.9 Å². The molecule has 0 spiro atoms. The number of ether oxygens (including phenoxy) is 2. The lowest BCUT2D eigenvalue weighted by Crippen LogP contribution is -2.38. The average Bonchev–Trinajstić information content (AvgIpc) is 2.74. The summed E-state index contributed by atoms with van der Waals surface area (Å²) in [7, 11) is -3.76. The minimum absolute atomic E-state index is 0.188. The predicted molar refractivity (Wildman–Crippen MR) is 111 cm³/mol. The largest absolute Gasteiger partial charge is 0.488 e. The third kappa shape index (κ3) is 3.91. The second-order valence-electron chi connectivity index (χ2n) is 6.88. The Kier molecular flexibility index (Phi) is 5.15. The summed E-state index contributed by atoms with van der Waals surface area (Å²) in [4.78, 5) is 4.71. The molecule has 0 saturated heterocycles. The number of aryl methyl sites for hydroxylation is 1. The van der Waals surface area contributed by atoms with Crippen molar-refractivity contribution in [3.63, 3.8) is 0 Å². The second-order valence-corrected chi connectivity index (χ2v) is 8.75. The van der Waals surface area contributed by atoms with Crippen molar-refractivity contribution in [1.82, 2.24) is 4.98 Å². The molecular weight excluding hydrogens is 388 g/mol. The van der Waals surface area contributed by atoms with Crippen molar-refractivity contribution in [3.05, 3.63) is 77.9 Å². The normalized spacial score (nSPS) is 14.6. The molecule has 7 heteroatoms. The van der Waals surface area contributed by atoms with Crippen LogP contribution in [-0.4, -0.2) is 26.6 Å². The Balaban J connectivity index is 1.67. The number of anilines is 1. The van der Waals surface area contributed by atoms with Crippen LogP contribution in [0.25, 0.3) is 0 Å². The monoisotopic (exact) mass is 410 g/mol. The van der Waals surface area contributed by atoms with Gasteiger partial charge in [0.05, 0.1) is 11.4 Å². The van der Waals surface area contributed by atoms with Crippen molar-refractivity contribution in [2.24, 2.45) is 0 Å². The van der Waals surface area contributed by atoms with E-state index in [1.807, 2.05) is 50.2 Å². The zero-order valence-corrected chi connectivity index (χ0v) is 17.1. The number of hydrogen-bond donors (Lipinski definition) is 0. The maximum atomic E-state index is 13.2. The Morgan fingerprint density at radius 1 is 1.07 bits per heavy atom. The van der Waals surface area contributed by atoms with Gasteiger partial charge < -0.3 is 9.47 Å². The van der Waals surface area contributed by atoms with Crippen LogP contribution in [0.2, 0.25) is 0 Å². The Bertz CT molecular complexity index is 1120. The van der Waals surface area contributed by atoms with Crippen molar-refractivity contribution in [3.8, 4) is 11.6 Å². The Hall–Kier alpha value is -3.06. The van der Waals surface area contributed by atoms with Gasteiger partial charge in [0.15, 0.2) is 11.6 Å². The summed E-state index contributed by atoms with van der Waals surface area (Å²) >= 11 is 0. The van der Waals surface area contributed by atoms with Crippen LogP contribution in [0.4, 0.5) is 5.82 Å². The lowest BCUT2D eigenvalue weighted by Gasteiger charge is -2.29. The van der Waals surface area contributed by atoms with E-state index in [0.717, 1.165) is 11.1 Å². The predicted octanol–water partition coefficient (Wildman–Crippen LogP) is 4.12. The van der Waals surface area contributed by atoms with E-state index in [4.69, 9.17) is 9.47 Å². The fourth-order valence-corrected chi connectivity index (χ4v) is 4.74. The maximum Gasteiger partial charge on any atom is 0.265 e. The molecule has 3 aromatic rings. The highest BCUT2D eigenvalue weighted by molar-refractivity contribution is 7.92. The first-order chi connectivity index (χ1) is 13.9. The molecule has 150 valence electrons. The van der Waals surface area contributed by atoms with Crippen LogP contribution in [0.15, 0.2) is 71.6 Å². The van der Waals surface area contributed by atoms with Gasteiger partial charge in [-0.25, -0.2) is 12.7 Å². The van der Waals surface area contributed by atoms with E-state index in [1.165, 1.54) is 4.31 Å². The highest BCUT2D eigenvalue weighted by Crippen LogP contribution is 2.36. The number of nitrogens with zero attached hydrogens (tertiary/aromatic N) is 2. The molecule has 0 amide bonds. The van der Waals surface area contributed by atoms with E-state index in [2.05, 4.69) is 4.98 Å². The summed E-state index contributed by atoms with van der Waals surface area (Å²) in [6.07, 6.45) is -0.229. The minimum atomic E-state index is -3.76. The summed E-state index contributed by atoms with van der Waals surface area (Å²) in [5.74, 6) is 1.01. The van der Waals surface area contributed by atoms with Crippen LogP contribution >= 0.6 is 0 Å². The SMILES string of the molecule is Cc1cccc(S(=O)(=O)N2CCOc3ccc(OC(C)c4ccccc4)nc32)c1. The van der Waals surface area contributed by atoms with Gasteiger partial charge in [0, 0.05) is 6.07 Å². The van der Waals surface area contributed by atoms with Gasteiger partial charge in [-0.1, -0.05) is 42.5 Å². The van der Waals surface area contributed by atoms with Gasteiger partial charge in [0.2, 0.25) is 5.88 Å². The van der Waals surface area contributed by atoms with Crippen molar-refractivity contribution in [2.75, 3.05) is 17.5 Å². The molecular formula is C22H22N2O4S. The summed E-state index contributed by atoms with van der Waals surface area (Å²) in [5, 5.41) is 0. The first kappa shape index (κ1) is 19.3. The highest BCUT2D eigenvalue weighted by atomic mass is 32.2. The first-order valence-electron chi connectivity index (χ1n) is 9.40. The Morgan fingerprint density at radius 3 is 2.62 bits per heavy atom. The van der Waals surface area contributed by atoms with Gasteiger partial charge in [0.25, 0.3) is 10.0 Å². The standard InChI is InChI=1S/C22H22N2O4S/c1-16-7-6-10-19(15-16)29(25,26)24-13-14-27-20-11-12-21(23-22(20)24)28-17(2)18-8-4-3-5-9-18/h3-12,15,17H,13-14H2,1-2H3. The zero-order chi connectivity index (χ0) is 20.4. The lowest BCUT2D eigenvalue weighted by molar-refractivity contribution is 0.216. The number of pyridine rings is 1. The Morgan fingerprint density at radius 2 is 1.86 bits per heavy atom. The molecule has 1 aromatic heterocycles. The molecule has 29 heavy (non-hydrogen) atoms. The molecule has 1 unspecified atom stereocenters. The number of rotatable bonds is 5. The lowest BCUT2D eigenvalue weighted by atomic mass is 10.1. The fourth-order valence-electron chi connectivity index (χ4n) is 3.23. The van der Waals surface area contributed by atoms with Crippen molar-refractivity contribution in [1.29, 1.82) is 0 Å². The smallest absolute Gasteiger partial charge is 0.265 e. The molecule has 0 saturated carbocycles. The molecule has 1 atom stereocenters. The third-order valence-electron chi connectivity index (χ3n) is 4.75. The van der Waals surface area contributed by atoms with Crippen molar-refractivity contribution in [2.45, 2.75) is 24.8 Å². The maximum absolute atomic E-state index is 13.2. The van der Waals surface area contributed by atoms with Crippen LogP contribution in [0, 0.1) is 6.92 Å². The first-order valence-corrected chi connectivity index (χ1v) is 10.8. The fraction of sp³-hybridized carbons (Fsp3) is 0.227. The molecule has 1 aliphatic heterocycles. The van der Waals surface area contributed by atoms with Crippen molar-refractivity contribution >= 4 is 15.8 Å². The summed E-state index contributed by atoms with van der Waals surface area (Å²) < 4.78 is 39.4. The van der Waals surface area contributed by atoms with Gasteiger partial charge in [-0.3, -0.25) is 0 Å². The number of sulfonamides is 1. The van der Waals surface area contributed by atoms with E-state index in [9.17, 15) is 8.42 Å². The van der Waals surface area contributed by atoms with Crippen LogP contribution in [0.5, 0.6) is 11.6 Å². The second kappa shape index (κ2) is 7.75. The summed E-state index contributed by atoms with van der Waals surface area (Å²) in [6.45, 7) is 4.24. The minimum Gasteiger partial charge on any atom is -0.488 e. The molecule has 0 aliphatic carbocycles. The van der Waals surface area contributed by atoms with E-state index in [-0.39, 0.29) is 30.0 Å². The molecule has 0 N–H and O–H groups in total. The molecule has 6 nitrogen and oxygen atoms in total. The summed E-state index contributed by atoms with van der Waals surface area (Å²) in [6, 6.07) is 20.0. The van der Waals surface area contributed by atoms with Gasteiger partial charge >= 0.3 is 0 Å². The quantitative estimate of drug-likeness (QED) is 0.633. The zero-order valence-electron chi connectivity index (χ0n) is 16.3. The van der Waals surface area contributed by atoms with Crippen LogP contribution in [0.3, 0.4) is 0 Å². The molecule has 2 aromatic carbocycles. The number of benzene rings is 2. The topological polar surface area (TPSA) is 68.7 Å². The molecule has 0 radical (unpaired) electrons. The van der Waals surface area contributed by atoms with Crippen LogP contribution < -0.4 is 13.8 Å². The number of aromatic nitrogens is 1. The highest BCUT2D eigenvalue weighted by Gasteiger charge is 2.32. The van der Waals surface area contributed by atoms with Crippen LogP contribution in [-0.2, 0) is 10.0 Å². The average molecular weight is 410 g/mol. The summed E-state index contributed by atoms with van der Waals surface area (Å²) in [5.41, 5.74) is 1.88. The van der Waals surface area contributed by atoms with Gasteiger partial charge in [-0.15, -0.1) is 0 Å². The van der Waals surface area contributed by atoms with Crippen LogP contribution in [0.1, 0.15) is 24.2 Å². The van der Waals surface area contributed by atoms with Gasteiger partial charge in [0.1, 0.15) is 12.7 Å². The molecule has 4 rings (SSSR count). The molecule has 2 heterocycles. The number of hydrogen-bond acceptors (Lipinski definition) is 5. The van der Waals surface area contributed by atoms with Gasteiger partial charge in [-0.05, 0) is 43.2 Å². The van der Waals surface area contributed by atoms with E-state index in [0.29, 0.717) is 11.6 Å². The molecule has 0 fully saturated rings. The molecule has 1 aliphatic rings. The third-order valence-corrected chi connectivity index (χ3v) is 6.53.